The van der Waals surface area contributed by atoms with E-state index in [1.807, 2.05) is 11.8 Å². The molecule has 3 heteroatoms. The normalized spacial score (nSPS) is 21.9. The topological polar surface area (TPSA) is 6.25 Å². The second-order valence-corrected chi connectivity index (χ2v) is 10.3. The van der Waals surface area contributed by atoms with Crippen molar-refractivity contribution in [2.75, 3.05) is 25.4 Å². The number of fused-ring (bicyclic) bond motifs is 4. The number of allylic oxidation sites excluding steroid dienone is 3. The summed E-state index contributed by atoms with van der Waals surface area (Å²) < 4.78 is 2.65. The Balaban J connectivity index is 1.65. The van der Waals surface area contributed by atoms with Crippen LogP contribution in [-0.2, 0) is 5.41 Å². The molecule has 0 atom stereocenters. The van der Waals surface area contributed by atoms with Crippen molar-refractivity contribution < 1.29 is 4.58 Å². The summed E-state index contributed by atoms with van der Waals surface area (Å²) in [6.45, 7) is 7.95. The quantitative estimate of drug-likeness (QED) is 0.469. The van der Waals surface area contributed by atoms with Gasteiger partial charge in [0.15, 0.2) is 5.71 Å². The Morgan fingerprint density at radius 2 is 1.90 bits per heavy atom. The zero-order valence-corrected chi connectivity index (χ0v) is 19.9. The summed E-state index contributed by atoms with van der Waals surface area (Å²) >= 11 is 2.00. The summed E-state index contributed by atoms with van der Waals surface area (Å²) in [4.78, 5) is 2.50. The SMILES string of the molecule is CCC[N+]1=C(/C=C/C=C2\SCCN2CC)C2(CCCCC2)c2c1ccc1ccccc21. The molecule has 2 aliphatic heterocycles. The molecule has 1 saturated heterocycles. The summed E-state index contributed by atoms with van der Waals surface area (Å²) in [5.74, 6) is 1.22. The Labute approximate surface area is 191 Å². The first-order valence-electron chi connectivity index (χ1n) is 12.2. The molecule has 0 bridgehead atoms. The lowest BCUT2D eigenvalue weighted by molar-refractivity contribution is -0.437. The van der Waals surface area contributed by atoms with Gasteiger partial charge >= 0.3 is 0 Å². The van der Waals surface area contributed by atoms with Crippen LogP contribution >= 0.6 is 11.8 Å². The molecule has 0 amide bonds. The highest BCUT2D eigenvalue weighted by Gasteiger charge is 2.51. The highest BCUT2D eigenvalue weighted by molar-refractivity contribution is 8.03. The van der Waals surface area contributed by atoms with Crippen molar-refractivity contribution >= 4 is 33.9 Å². The van der Waals surface area contributed by atoms with Crippen LogP contribution in [0.2, 0.25) is 0 Å². The summed E-state index contributed by atoms with van der Waals surface area (Å²) in [6, 6.07) is 13.8. The average molecular weight is 432 g/mol. The van der Waals surface area contributed by atoms with Gasteiger partial charge in [0.2, 0.25) is 5.69 Å². The van der Waals surface area contributed by atoms with Gasteiger partial charge in [0, 0.05) is 43.0 Å². The van der Waals surface area contributed by atoms with E-state index >= 15 is 0 Å². The first-order valence-corrected chi connectivity index (χ1v) is 13.2. The highest BCUT2D eigenvalue weighted by atomic mass is 32.2. The predicted octanol–water partition coefficient (Wildman–Crippen LogP) is 7.02. The summed E-state index contributed by atoms with van der Waals surface area (Å²) in [5.41, 5.74) is 4.78. The van der Waals surface area contributed by atoms with E-state index in [1.54, 1.807) is 11.3 Å². The van der Waals surface area contributed by atoms with Crippen molar-refractivity contribution in [1.82, 2.24) is 4.90 Å². The molecular weight excluding hydrogens is 396 g/mol. The predicted molar refractivity (Wildman–Crippen MR) is 136 cm³/mol. The van der Waals surface area contributed by atoms with Crippen LogP contribution in [0, 0.1) is 0 Å². The molecule has 0 radical (unpaired) electrons. The maximum atomic E-state index is 2.65. The Kier molecular flexibility index (Phi) is 5.97. The Morgan fingerprint density at radius 3 is 2.71 bits per heavy atom. The van der Waals surface area contributed by atoms with E-state index in [9.17, 15) is 0 Å². The van der Waals surface area contributed by atoms with E-state index in [0.717, 1.165) is 13.1 Å². The third-order valence-corrected chi connectivity index (χ3v) is 8.49. The monoisotopic (exact) mass is 431 g/mol. The van der Waals surface area contributed by atoms with E-state index < -0.39 is 0 Å². The molecule has 1 spiro atoms. The van der Waals surface area contributed by atoms with Crippen LogP contribution in [0.4, 0.5) is 5.69 Å². The van der Waals surface area contributed by atoms with Crippen LogP contribution in [0.3, 0.4) is 0 Å². The number of hydrogen-bond donors (Lipinski definition) is 0. The Bertz CT molecular complexity index is 1060. The van der Waals surface area contributed by atoms with Crippen molar-refractivity contribution in [3.63, 3.8) is 0 Å². The molecule has 0 N–H and O–H groups in total. The van der Waals surface area contributed by atoms with Gasteiger partial charge in [0.25, 0.3) is 0 Å². The molecule has 0 unspecified atom stereocenters. The third-order valence-electron chi connectivity index (χ3n) is 7.41. The highest BCUT2D eigenvalue weighted by Crippen LogP contribution is 2.51. The first kappa shape index (κ1) is 20.9. The Hall–Kier alpha value is -2.00. The van der Waals surface area contributed by atoms with Crippen LogP contribution in [-0.4, -0.2) is 40.6 Å². The van der Waals surface area contributed by atoms with Crippen LogP contribution in [0.15, 0.2) is 59.7 Å². The zero-order chi connectivity index (χ0) is 21.3. The van der Waals surface area contributed by atoms with Crippen LogP contribution in [0.25, 0.3) is 10.8 Å². The van der Waals surface area contributed by atoms with Crippen molar-refractivity contribution in [3.8, 4) is 0 Å². The van der Waals surface area contributed by atoms with Gasteiger partial charge < -0.3 is 4.90 Å². The fourth-order valence-electron chi connectivity index (χ4n) is 6.03. The van der Waals surface area contributed by atoms with Crippen molar-refractivity contribution in [1.29, 1.82) is 0 Å². The van der Waals surface area contributed by atoms with Gasteiger partial charge in [-0.05, 0) is 42.7 Å². The molecule has 3 aliphatic rings. The maximum absolute atomic E-state index is 2.65. The van der Waals surface area contributed by atoms with Gasteiger partial charge in [-0.1, -0.05) is 56.5 Å². The van der Waals surface area contributed by atoms with E-state index in [-0.39, 0.29) is 5.41 Å². The molecule has 2 heterocycles. The van der Waals surface area contributed by atoms with Crippen LogP contribution in [0.1, 0.15) is 57.9 Å². The fourth-order valence-corrected chi connectivity index (χ4v) is 7.13. The third kappa shape index (κ3) is 3.55. The second kappa shape index (κ2) is 8.86. The molecule has 2 fully saturated rings. The van der Waals surface area contributed by atoms with E-state index in [4.69, 9.17) is 0 Å². The van der Waals surface area contributed by atoms with Gasteiger partial charge in [0.1, 0.15) is 6.54 Å². The lowest BCUT2D eigenvalue weighted by Gasteiger charge is -2.32. The van der Waals surface area contributed by atoms with Crippen LogP contribution in [0.5, 0.6) is 0 Å². The molecule has 5 rings (SSSR count). The smallest absolute Gasteiger partial charge is 0.210 e. The lowest BCUT2D eigenvalue weighted by Crippen LogP contribution is -2.36. The van der Waals surface area contributed by atoms with Gasteiger partial charge in [-0.2, -0.15) is 4.58 Å². The molecular formula is C28H35N2S+. The summed E-state index contributed by atoms with van der Waals surface area (Å²) in [6.07, 6.45) is 14.9. The van der Waals surface area contributed by atoms with Crippen molar-refractivity contribution in [2.24, 2.45) is 0 Å². The van der Waals surface area contributed by atoms with E-state index in [1.165, 1.54) is 72.3 Å². The Morgan fingerprint density at radius 1 is 1.06 bits per heavy atom. The number of benzene rings is 2. The maximum Gasteiger partial charge on any atom is 0.210 e. The van der Waals surface area contributed by atoms with Gasteiger partial charge in [0.05, 0.1) is 10.4 Å². The largest absolute Gasteiger partial charge is 0.366 e. The number of rotatable bonds is 5. The molecule has 0 aromatic heterocycles. The second-order valence-electron chi connectivity index (χ2n) is 9.15. The molecule has 1 aliphatic carbocycles. The molecule has 31 heavy (non-hydrogen) atoms. The molecule has 2 aromatic rings. The zero-order valence-electron chi connectivity index (χ0n) is 19.1. The minimum Gasteiger partial charge on any atom is -0.366 e. The van der Waals surface area contributed by atoms with Crippen LogP contribution < -0.4 is 0 Å². The first-order chi connectivity index (χ1) is 15.3. The molecule has 162 valence electrons. The van der Waals surface area contributed by atoms with Gasteiger partial charge in [-0.25, -0.2) is 0 Å². The van der Waals surface area contributed by atoms with Gasteiger partial charge in [-0.15, -0.1) is 11.8 Å². The van der Waals surface area contributed by atoms with E-state index in [2.05, 4.69) is 77.9 Å². The minimum atomic E-state index is 0.173. The fraction of sp³-hybridized carbons (Fsp3) is 0.464. The van der Waals surface area contributed by atoms with Gasteiger partial charge in [-0.3, -0.25) is 0 Å². The summed E-state index contributed by atoms with van der Waals surface area (Å²) in [7, 11) is 0. The average Bonchev–Trinajstić information content (AvgIpc) is 3.36. The standard InChI is InChI=1S/C28H35N2S/c1-3-19-30-24-16-15-22-11-6-7-12-23(22)27(24)28(17-8-5-9-18-28)25(30)13-10-14-26-29(4-2)20-21-31-26/h6-7,10-16H,3-5,8-9,17-21H2,1-2H3/q+1. The number of nitrogens with zero attached hydrogens (tertiary/aromatic N) is 2. The number of thioether (sulfide) groups is 1. The molecule has 1 saturated carbocycles. The minimum absolute atomic E-state index is 0.173. The molecule has 2 nitrogen and oxygen atoms in total. The number of hydrogen-bond acceptors (Lipinski definition) is 2. The molecule has 2 aromatic carbocycles. The van der Waals surface area contributed by atoms with Crippen molar-refractivity contribution in [3.05, 3.63) is 65.2 Å². The van der Waals surface area contributed by atoms with E-state index in [0.29, 0.717) is 0 Å². The summed E-state index contributed by atoms with van der Waals surface area (Å²) in [5, 5.41) is 4.28. The lowest BCUT2D eigenvalue weighted by atomic mass is 9.66. The van der Waals surface area contributed by atoms with Crippen molar-refractivity contribution in [2.45, 2.75) is 57.8 Å².